The quantitative estimate of drug-likeness (QED) is 0.793. The molecule has 3 rings (SSSR count). The molecule has 27 heavy (non-hydrogen) atoms. The van der Waals surface area contributed by atoms with Crippen LogP contribution in [0, 0.1) is 11.8 Å². The lowest BCUT2D eigenvalue weighted by atomic mass is 9.92. The topological polar surface area (TPSA) is 62.3 Å². The summed E-state index contributed by atoms with van der Waals surface area (Å²) in [7, 11) is 3.15. The minimum atomic E-state index is -0.145. The molecule has 2 unspecified atom stereocenters. The van der Waals surface area contributed by atoms with Gasteiger partial charge >= 0.3 is 6.03 Å². The van der Waals surface area contributed by atoms with Crippen molar-refractivity contribution in [3.63, 3.8) is 0 Å². The van der Waals surface area contributed by atoms with Crippen LogP contribution in [0.3, 0.4) is 0 Å². The van der Waals surface area contributed by atoms with Crippen molar-refractivity contribution >= 4 is 17.6 Å². The number of ether oxygens (including phenoxy) is 2. The van der Waals surface area contributed by atoms with Gasteiger partial charge in [0.2, 0.25) is 5.91 Å². The highest BCUT2D eigenvalue weighted by Crippen LogP contribution is 2.32. The maximum atomic E-state index is 12.8. The average molecular weight is 375 g/mol. The summed E-state index contributed by atoms with van der Waals surface area (Å²) in [5.74, 6) is 2.25. The summed E-state index contributed by atoms with van der Waals surface area (Å²) in [6, 6.07) is 5.26. The van der Waals surface area contributed by atoms with Gasteiger partial charge in [-0.05, 0) is 30.4 Å². The van der Waals surface area contributed by atoms with Gasteiger partial charge in [-0.3, -0.25) is 9.69 Å². The van der Waals surface area contributed by atoms with Gasteiger partial charge in [0.25, 0.3) is 0 Å². The number of urea groups is 1. The van der Waals surface area contributed by atoms with Crippen LogP contribution in [0.15, 0.2) is 18.2 Å². The lowest BCUT2D eigenvalue weighted by molar-refractivity contribution is -0.134. The molecule has 7 heteroatoms. The standard InChI is InChI=1S/C20H29N3O4/c1-14-9-15(2)12-22(11-14)19(24)13-21-7-8-23(20(21)25)16-5-6-17(26-3)18(10-16)27-4/h5-6,10,14-15H,7-9,11-13H2,1-4H3. The number of rotatable bonds is 5. The lowest BCUT2D eigenvalue weighted by Crippen LogP contribution is -2.47. The molecule has 2 saturated heterocycles. The summed E-state index contributed by atoms with van der Waals surface area (Å²) in [6.07, 6.45) is 1.15. The summed E-state index contributed by atoms with van der Waals surface area (Å²) < 4.78 is 10.6. The fourth-order valence-electron chi connectivity index (χ4n) is 4.09. The van der Waals surface area contributed by atoms with E-state index in [0.717, 1.165) is 25.2 Å². The number of nitrogens with zero attached hydrogens (tertiary/aromatic N) is 3. The molecule has 2 heterocycles. The molecule has 2 aliphatic heterocycles. The van der Waals surface area contributed by atoms with E-state index in [0.29, 0.717) is 36.4 Å². The molecular formula is C20H29N3O4. The van der Waals surface area contributed by atoms with Crippen LogP contribution in [-0.4, -0.2) is 68.7 Å². The number of benzene rings is 1. The van der Waals surface area contributed by atoms with Gasteiger partial charge in [-0.2, -0.15) is 0 Å². The Balaban J connectivity index is 1.65. The van der Waals surface area contributed by atoms with Crippen LogP contribution in [0.1, 0.15) is 20.3 Å². The molecule has 0 spiro atoms. The minimum absolute atomic E-state index is 0.0379. The zero-order chi connectivity index (χ0) is 19.6. The minimum Gasteiger partial charge on any atom is -0.493 e. The van der Waals surface area contributed by atoms with Crippen LogP contribution in [0.25, 0.3) is 0 Å². The van der Waals surface area contributed by atoms with Crippen LogP contribution in [0.2, 0.25) is 0 Å². The van der Waals surface area contributed by atoms with Gasteiger partial charge in [-0.15, -0.1) is 0 Å². The molecule has 2 aliphatic rings. The number of hydrogen-bond acceptors (Lipinski definition) is 4. The second-order valence-corrected chi connectivity index (χ2v) is 7.64. The molecule has 2 fully saturated rings. The molecule has 1 aromatic rings. The maximum Gasteiger partial charge on any atom is 0.325 e. The number of carbonyl (C=O) groups is 2. The highest BCUT2D eigenvalue weighted by atomic mass is 16.5. The Bertz CT molecular complexity index is 698. The van der Waals surface area contributed by atoms with Gasteiger partial charge in [0, 0.05) is 37.9 Å². The number of carbonyl (C=O) groups excluding carboxylic acids is 2. The van der Waals surface area contributed by atoms with E-state index in [1.165, 1.54) is 0 Å². The molecular weight excluding hydrogens is 346 g/mol. The van der Waals surface area contributed by atoms with Crippen molar-refractivity contribution in [3.8, 4) is 11.5 Å². The predicted octanol–water partition coefficient (Wildman–Crippen LogP) is 2.45. The highest BCUT2D eigenvalue weighted by molar-refractivity contribution is 5.96. The third kappa shape index (κ3) is 4.12. The van der Waals surface area contributed by atoms with E-state index < -0.39 is 0 Å². The van der Waals surface area contributed by atoms with Crippen molar-refractivity contribution in [2.45, 2.75) is 20.3 Å². The normalized spacial score (nSPS) is 23.0. The number of hydrogen-bond donors (Lipinski definition) is 0. The second-order valence-electron chi connectivity index (χ2n) is 7.64. The molecule has 2 atom stereocenters. The van der Waals surface area contributed by atoms with Crippen molar-refractivity contribution in [1.29, 1.82) is 0 Å². The van der Waals surface area contributed by atoms with E-state index in [-0.39, 0.29) is 18.5 Å². The van der Waals surface area contributed by atoms with Gasteiger partial charge < -0.3 is 19.3 Å². The first-order chi connectivity index (χ1) is 12.9. The largest absolute Gasteiger partial charge is 0.493 e. The van der Waals surface area contributed by atoms with Crippen LogP contribution in [-0.2, 0) is 4.79 Å². The van der Waals surface area contributed by atoms with Crippen molar-refractivity contribution in [2.24, 2.45) is 11.8 Å². The molecule has 0 aliphatic carbocycles. The van der Waals surface area contributed by atoms with E-state index >= 15 is 0 Å². The third-order valence-electron chi connectivity index (χ3n) is 5.32. The molecule has 3 amide bonds. The summed E-state index contributed by atoms with van der Waals surface area (Å²) in [4.78, 5) is 30.7. The number of likely N-dealkylation sites (tertiary alicyclic amines) is 1. The number of methoxy groups -OCH3 is 2. The summed E-state index contributed by atoms with van der Waals surface area (Å²) in [5, 5.41) is 0. The maximum absolute atomic E-state index is 12.8. The second kappa shape index (κ2) is 8.06. The van der Waals surface area contributed by atoms with Gasteiger partial charge in [0.05, 0.1) is 14.2 Å². The molecule has 148 valence electrons. The molecule has 0 N–H and O–H groups in total. The zero-order valence-electron chi connectivity index (χ0n) is 16.6. The van der Waals surface area contributed by atoms with Crippen molar-refractivity contribution in [3.05, 3.63) is 18.2 Å². The van der Waals surface area contributed by atoms with Crippen molar-refractivity contribution in [2.75, 3.05) is 51.8 Å². The SMILES string of the molecule is COc1ccc(N2CCN(CC(=O)N3CC(C)CC(C)C3)C2=O)cc1OC. The Labute approximate surface area is 160 Å². The first-order valence-corrected chi connectivity index (χ1v) is 9.49. The van der Waals surface area contributed by atoms with E-state index in [1.54, 1.807) is 36.2 Å². The van der Waals surface area contributed by atoms with Gasteiger partial charge in [-0.1, -0.05) is 13.8 Å². The van der Waals surface area contributed by atoms with Crippen LogP contribution < -0.4 is 14.4 Å². The first-order valence-electron chi connectivity index (χ1n) is 9.49. The summed E-state index contributed by atoms with van der Waals surface area (Å²) in [5.41, 5.74) is 0.743. The van der Waals surface area contributed by atoms with Crippen LogP contribution in [0.4, 0.5) is 10.5 Å². The lowest BCUT2D eigenvalue weighted by Gasteiger charge is -2.35. The van der Waals surface area contributed by atoms with E-state index in [9.17, 15) is 9.59 Å². The Morgan fingerprint density at radius 1 is 1.07 bits per heavy atom. The number of piperidine rings is 1. The zero-order valence-corrected chi connectivity index (χ0v) is 16.6. The van der Waals surface area contributed by atoms with Gasteiger partial charge in [0.15, 0.2) is 11.5 Å². The van der Waals surface area contributed by atoms with Crippen molar-refractivity contribution < 1.29 is 19.1 Å². The molecule has 7 nitrogen and oxygen atoms in total. The van der Waals surface area contributed by atoms with Crippen LogP contribution in [0.5, 0.6) is 11.5 Å². The molecule has 0 saturated carbocycles. The van der Waals surface area contributed by atoms with E-state index in [4.69, 9.17) is 9.47 Å². The van der Waals surface area contributed by atoms with E-state index in [1.807, 2.05) is 11.0 Å². The molecule has 0 aromatic heterocycles. The third-order valence-corrected chi connectivity index (χ3v) is 5.32. The fraction of sp³-hybridized carbons (Fsp3) is 0.600. The van der Waals surface area contributed by atoms with Gasteiger partial charge in [-0.25, -0.2) is 4.79 Å². The average Bonchev–Trinajstić information content (AvgIpc) is 3.00. The molecule has 0 radical (unpaired) electrons. The predicted molar refractivity (Wildman–Crippen MR) is 103 cm³/mol. The molecule has 0 bridgehead atoms. The fourth-order valence-corrected chi connectivity index (χ4v) is 4.09. The highest BCUT2D eigenvalue weighted by Gasteiger charge is 2.33. The summed E-state index contributed by atoms with van der Waals surface area (Å²) in [6.45, 7) is 7.15. The monoisotopic (exact) mass is 375 g/mol. The van der Waals surface area contributed by atoms with Gasteiger partial charge in [0.1, 0.15) is 6.54 Å². The Morgan fingerprint density at radius 3 is 2.37 bits per heavy atom. The number of anilines is 1. The first kappa shape index (κ1) is 19.3. The Kier molecular flexibility index (Phi) is 5.77. The number of amides is 3. The Morgan fingerprint density at radius 2 is 1.74 bits per heavy atom. The van der Waals surface area contributed by atoms with Crippen molar-refractivity contribution in [1.82, 2.24) is 9.80 Å². The van der Waals surface area contributed by atoms with E-state index in [2.05, 4.69) is 13.8 Å². The summed E-state index contributed by atoms with van der Waals surface area (Å²) >= 11 is 0. The smallest absolute Gasteiger partial charge is 0.325 e. The Hall–Kier alpha value is -2.44. The van der Waals surface area contributed by atoms with Crippen LogP contribution >= 0.6 is 0 Å². The molecule has 1 aromatic carbocycles.